The first-order valence-corrected chi connectivity index (χ1v) is 11.0. The molecule has 0 spiro atoms. The van der Waals surface area contributed by atoms with E-state index in [4.69, 9.17) is 0 Å². The molecule has 1 nitrogen and oxygen atoms in total. The maximum absolute atomic E-state index is 13.1. The standard InChI is InChI=1S/C24H42O/c1-6-7-8-9-13-20-16-17-24(5)21(14-15-22(24)23(20)25)19(4)12-10-11-18(2)3/h6,18-22H,1,7-17H2,2-5H3/t19-,20-,21-,22+,24-/m1/s1. The summed E-state index contributed by atoms with van der Waals surface area (Å²) in [7, 11) is 0. The maximum Gasteiger partial charge on any atom is 0.139 e. The highest BCUT2D eigenvalue weighted by molar-refractivity contribution is 5.85. The van der Waals surface area contributed by atoms with Crippen molar-refractivity contribution in [1.82, 2.24) is 0 Å². The minimum absolute atomic E-state index is 0.298. The fraction of sp³-hybridized carbons (Fsp3) is 0.875. The minimum Gasteiger partial charge on any atom is -0.299 e. The first-order chi connectivity index (χ1) is 11.9. The van der Waals surface area contributed by atoms with Crippen molar-refractivity contribution in [2.45, 2.75) is 98.3 Å². The molecule has 2 rings (SSSR count). The quantitative estimate of drug-likeness (QED) is 0.302. The molecular formula is C24H42O. The lowest BCUT2D eigenvalue weighted by atomic mass is 9.59. The Morgan fingerprint density at radius 2 is 1.88 bits per heavy atom. The molecule has 0 heterocycles. The number of Topliss-reactive ketones (excluding diaryl/α,β-unsaturated/α-hetero) is 1. The van der Waals surface area contributed by atoms with Gasteiger partial charge in [-0.3, -0.25) is 4.79 Å². The summed E-state index contributed by atoms with van der Waals surface area (Å²) >= 11 is 0. The molecule has 5 atom stereocenters. The Labute approximate surface area is 157 Å². The van der Waals surface area contributed by atoms with Crippen molar-refractivity contribution in [2.24, 2.45) is 35.0 Å². The lowest BCUT2D eigenvalue weighted by molar-refractivity contribution is -0.135. The summed E-state index contributed by atoms with van der Waals surface area (Å²) in [5.41, 5.74) is 0.298. The van der Waals surface area contributed by atoms with Crippen molar-refractivity contribution < 1.29 is 4.79 Å². The van der Waals surface area contributed by atoms with E-state index in [1.807, 2.05) is 6.08 Å². The van der Waals surface area contributed by atoms with Crippen LogP contribution in [0.15, 0.2) is 12.7 Å². The zero-order chi connectivity index (χ0) is 18.4. The van der Waals surface area contributed by atoms with Crippen LogP contribution in [0.2, 0.25) is 0 Å². The highest BCUT2D eigenvalue weighted by Crippen LogP contribution is 2.58. The monoisotopic (exact) mass is 346 g/mol. The van der Waals surface area contributed by atoms with Crippen LogP contribution in [0, 0.1) is 35.0 Å². The first-order valence-electron chi connectivity index (χ1n) is 11.0. The van der Waals surface area contributed by atoms with E-state index in [0.29, 0.717) is 23.0 Å². The fourth-order valence-electron chi connectivity index (χ4n) is 5.95. The van der Waals surface area contributed by atoms with Gasteiger partial charge in [0, 0.05) is 11.8 Å². The number of rotatable bonds is 10. The first kappa shape index (κ1) is 20.7. The largest absolute Gasteiger partial charge is 0.299 e. The molecule has 2 saturated carbocycles. The average molecular weight is 347 g/mol. The fourth-order valence-corrected chi connectivity index (χ4v) is 5.95. The molecule has 0 saturated heterocycles. The molecule has 2 aliphatic carbocycles. The number of hydrogen-bond acceptors (Lipinski definition) is 1. The van der Waals surface area contributed by atoms with E-state index < -0.39 is 0 Å². The molecule has 0 aromatic heterocycles. The van der Waals surface area contributed by atoms with Gasteiger partial charge in [-0.2, -0.15) is 0 Å². The smallest absolute Gasteiger partial charge is 0.139 e. The number of ketones is 1. The van der Waals surface area contributed by atoms with Gasteiger partial charge in [0.2, 0.25) is 0 Å². The number of hydrogen-bond donors (Lipinski definition) is 0. The van der Waals surface area contributed by atoms with E-state index in [1.165, 1.54) is 44.9 Å². The molecule has 0 aliphatic heterocycles. The second-order valence-electron chi connectivity index (χ2n) is 9.76. The van der Waals surface area contributed by atoms with E-state index in [2.05, 4.69) is 34.3 Å². The predicted molar refractivity (Wildman–Crippen MR) is 109 cm³/mol. The summed E-state index contributed by atoms with van der Waals surface area (Å²) in [6.07, 6.45) is 15.6. The van der Waals surface area contributed by atoms with Gasteiger partial charge in [0.05, 0.1) is 0 Å². The lowest BCUT2D eigenvalue weighted by Crippen LogP contribution is -2.43. The summed E-state index contributed by atoms with van der Waals surface area (Å²) in [4.78, 5) is 13.1. The molecule has 0 unspecified atom stereocenters. The van der Waals surface area contributed by atoms with Gasteiger partial charge in [-0.15, -0.1) is 6.58 Å². The highest BCUT2D eigenvalue weighted by Gasteiger charge is 2.54. The van der Waals surface area contributed by atoms with Crippen molar-refractivity contribution in [3.63, 3.8) is 0 Å². The van der Waals surface area contributed by atoms with Crippen LogP contribution in [-0.2, 0) is 4.79 Å². The zero-order valence-corrected chi connectivity index (χ0v) is 17.4. The maximum atomic E-state index is 13.1. The number of fused-ring (bicyclic) bond motifs is 1. The summed E-state index contributed by atoms with van der Waals surface area (Å²) in [5.74, 6) is 3.73. The van der Waals surface area contributed by atoms with Gasteiger partial charge in [-0.25, -0.2) is 0 Å². The van der Waals surface area contributed by atoms with Crippen LogP contribution in [-0.4, -0.2) is 5.78 Å². The number of allylic oxidation sites excluding steroid dienone is 1. The van der Waals surface area contributed by atoms with Crippen molar-refractivity contribution in [3.8, 4) is 0 Å². The van der Waals surface area contributed by atoms with Crippen molar-refractivity contribution >= 4 is 5.78 Å². The Hall–Kier alpha value is -0.590. The molecule has 2 fully saturated rings. The molecule has 25 heavy (non-hydrogen) atoms. The second kappa shape index (κ2) is 9.38. The van der Waals surface area contributed by atoms with E-state index in [9.17, 15) is 4.79 Å². The molecule has 0 amide bonds. The van der Waals surface area contributed by atoms with Crippen LogP contribution >= 0.6 is 0 Å². The average Bonchev–Trinajstić information content (AvgIpc) is 2.91. The Kier molecular flexibility index (Phi) is 7.77. The van der Waals surface area contributed by atoms with E-state index in [1.54, 1.807) is 0 Å². The SMILES string of the molecule is C=CCCCC[C@@H]1CC[C@]2(C)[C@@H]([C@H](C)CCCC(C)C)CC[C@H]2C1=O. The molecule has 0 N–H and O–H groups in total. The predicted octanol–water partition coefficient (Wildman–Crippen LogP) is 7.21. The van der Waals surface area contributed by atoms with Gasteiger partial charge in [-0.05, 0) is 68.1 Å². The van der Waals surface area contributed by atoms with Crippen LogP contribution in [0.4, 0.5) is 0 Å². The molecule has 1 heteroatoms. The van der Waals surface area contributed by atoms with Crippen molar-refractivity contribution in [2.75, 3.05) is 0 Å². The van der Waals surface area contributed by atoms with Crippen LogP contribution in [0.3, 0.4) is 0 Å². The van der Waals surface area contributed by atoms with Crippen LogP contribution in [0.1, 0.15) is 98.3 Å². The molecule has 0 bridgehead atoms. The second-order valence-corrected chi connectivity index (χ2v) is 9.76. The minimum atomic E-state index is 0.298. The Bertz CT molecular complexity index is 437. The Balaban J connectivity index is 1.90. The molecule has 0 aromatic carbocycles. The van der Waals surface area contributed by atoms with Gasteiger partial charge < -0.3 is 0 Å². The number of carbonyl (C=O) groups is 1. The van der Waals surface area contributed by atoms with Crippen molar-refractivity contribution in [1.29, 1.82) is 0 Å². The van der Waals surface area contributed by atoms with Gasteiger partial charge in [0.15, 0.2) is 0 Å². The van der Waals surface area contributed by atoms with Crippen molar-refractivity contribution in [3.05, 3.63) is 12.7 Å². The molecule has 2 aliphatic rings. The third-order valence-corrected chi connectivity index (χ3v) is 7.53. The topological polar surface area (TPSA) is 17.1 Å². The third kappa shape index (κ3) is 4.98. The van der Waals surface area contributed by atoms with Gasteiger partial charge in [0.1, 0.15) is 5.78 Å². The normalized spacial score (nSPS) is 33.5. The van der Waals surface area contributed by atoms with E-state index >= 15 is 0 Å². The van der Waals surface area contributed by atoms with Gasteiger partial charge >= 0.3 is 0 Å². The lowest BCUT2D eigenvalue weighted by Gasteiger charge is -2.44. The Morgan fingerprint density at radius 1 is 1.12 bits per heavy atom. The number of carbonyl (C=O) groups excluding carboxylic acids is 1. The molecule has 0 aromatic rings. The Morgan fingerprint density at radius 3 is 2.56 bits per heavy atom. The molecule has 144 valence electrons. The summed E-state index contributed by atoms with van der Waals surface area (Å²) in [6.45, 7) is 13.4. The van der Waals surface area contributed by atoms with Crippen LogP contribution in [0.25, 0.3) is 0 Å². The number of unbranched alkanes of at least 4 members (excludes halogenated alkanes) is 2. The summed E-state index contributed by atoms with van der Waals surface area (Å²) < 4.78 is 0. The van der Waals surface area contributed by atoms with Gasteiger partial charge in [-0.1, -0.05) is 59.5 Å². The van der Waals surface area contributed by atoms with Crippen LogP contribution < -0.4 is 0 Å². The van der Waals surface area contributed by atoms with E-state index in [-0.39, 0.29) is 0 Å². The molecule has 0 radical (unpaired) electrons. The van der Waals surface area contributed by atoms with E-state index in [0.717, 1.165) is 43.4 Å². The summed E-state index contributed by atoms with van der Waals surface area (Å²) in [5, 5.41) is 0. The van der Waals surface area contributed by atoms with Gasteiger partial charge in [0.25, 0.3) is 0 Å². The highest BCUT2D eigenvalue weighted by atomic mass is 16.1. The summed E-state index contributed by atoms with van der Waals surface area (Å²) in [6, 6.07) is 0. The van der Waals surface area contributed by atoms with Crippen LogP contribution in [0.5, 0.6) is 0 Å². The zero-order valence-electron chi connectivity index (χ0n) is 17.4. The molecular weight excluding hydrogens is 304 g/mol. The third-order valence-electron chi connectivity index (χ3n) is 7.53.